The second-order valence-corrected chi connectivity index (χ2v) is 4.92. The first-order valence-electron chi connectivity index (χ1n) is 5.65. The van der Waals surface area contributed by atoms with Crippen LogP contribution in [0.1, 0.15) is 59.8 Å². The molecule has 0 aliphatic carbocycles. The van der Waals surface area contributed by atoms with Crippen LogP contribution in [0, 0.1) is 11.3 Å². The van der Waals surface area contributed by atoms with Crippen LogP contribution in [0.4, 0.5) is 0 Å². The Bertz CT molecular complexity index is 175. The number of hydrogen-bond donors (Lipinski definition) is 1. The molecule has 0 fully saturated rings. The minimum atomic E-state index is -0.637. The second kappa shape index (κ2) is 6.05. The summed E-state index contributed by atoms with van der Waals surface area (Å²) in [5.41, 5.74) is -0.511. The first-order valence-corrected chi connectivity index (χ1v) is 5.65. The van der Waals surface area contributed by atoms with Gasteiger partial charge in [-0.1, -0.05) is 40.0 Å². The summed E-state index contributed by atoms with van der Waals surface area (Å²) in [5.74, 6) is -0.181. The summed E-state index contributed by atoms with van der Waals surface area (Å²) in [4.78, 5) is 11.2. The topological polar surface area (TPSA) is 37.3 Å². The highest BCUT2D eigenvalue weighted by Gasteiger charge is 2.32. The van der Waals surface area contributed by atoms with Gasteiger partial charge in [0.15, 0.2) is 0 Å². The zero-order chi connectivity index (χ0) is 11.2. The maximum absolute atomic E-state index is 11.2. The molecule has 0 aromatic rings. The van der Waals surface area contributed by atoms with Crippen molar-refractivity contribution in [3.8, 4) is 0 Å². The highest BCUT2D eigenvalue weighted by molar-refractivity contribution is 5.74. The fourth-order valence-corrected chi connectivity index (χ4v) is 1.96. The number of carboxylic acid groups (broad SMARTS) is 1. The predicted molar refractivity (Wildman–Crippen MR) is 59.3 cm³/mol. The van der Waals surface area contributed by atoms with Crippen LogP contribution < -0.4 is 0 Å². The van der Waals surface area contributed by atoms with Gasteiger partial charge in [-0.25, -0.2) is 0 Å². The third-order valence-corrected chi connectivity index (χ3v) is 2.71. The molecule has 14 heavy (non-hydrogen) atoms. The molecule has 0 spiro atoms. The van der Waals surface area contributed by atoms with Gasteiger partial charge in [-0.05, 0) is 25.7 Å². The largest absolute Gasteiger partial charge is 0.481 e. The van der Waals surface area contributed by atoms with E-state index in [-0.39, 0.29) is 0 Å². The number of rotatable bonds is 7. The first-order chi connectivity index (χ1) is 6.42. The van der Waals surface area contributed by atoms with Gasteiger partial charge in [-0.2, -0.15) is 0 Å². The Kier molecular flexibility index (Phi) is 5.82. The Hall–Kier alpha value is -0.530. The molecule has 0 radical (unpaired) electrons. The fourth-order valence-electron chi connectivity index (χ4n) is 1.96. The molecule has 84 valence electrons. The molecule has 1 N–H and O–H groups in total. The molecule has 0 bridgehead atoms. The molecular weight excluding hydrogens is 176 g/mol. The minimum Gasteiger partial charge on any atom is -0.481 e. The average Bonchev–Trinajstić information content (AvgIpc) is 2.03. The maximum Gasteiger partial charge on any atom is 0.309 e. The lowest BCUT2D eigenvalue weighted by molar-refractivity contribution is -0.149. The SMILES string of the molecule is CCCCCC(C)(CC(C)C)C(=O)O. The van der Waals surface area contributed by atoms with E-state index in [4.69, 9.17) is 0 Å². The number of hydrogen-bond acceptors (Lipinski definition) is 1. The van der Waals surface area contributed by atoms with Crippen LogP contribution in [0.2, 0.25) is 0 Å². The molecule has 0 saturated heterocycles. The monoisotopic (exact) mass is 200 g/mol. The second-order valence-electron chi connectivity index (χ2n) is 4.92. The van der Waals surface area contributed by atoms with Crippen molar-refractivity contribution < 1.29 is 9.90 Å². The number of unbranched alkanes of at least 4 members (excludes halogenated alkanes) is 2. The lowest BCUT2D eigenvalue weighted by atomic mass is 9.78. The zero-order valence-corrected chi connectivity index (χ0v) is 9.97. The molecular formula is C12H24O2. The van der Waals surface area contributed by atoms with Crippen LogP contribution in [-0.2, 0) is 4.79 Å². The molecule has 0 heterocycles. The van der Waals surface area contributed by atoms with E-state index >= 15 is 0 Å². The van der Waals surface area contributed by atoms with E-state index in [9.17, 15) is 9.90 Å². The molecule has 1 atom stereocenters. The third-order valence-electron chi connectivity index (χ3n) is 2.71. The van der Waals surface area contributed by atoms with Gasteiger partial charge in [-0.15, -0.1) is 0 Å². The molecule has 0 amide bonds. The molecule has 1 unspecified atom stereocenters. The van der Waals surface area contributed by atoms with Crippen molar-refractivity contribution in [1.29, 1.82) is 0 Å². The van der Waals surface area contributed by atoms with Crippen molar-refractivity contribution in [3.63, 3.8) is 0 Å². The number of carbonyl (C=O) groups is 1. The Morgan fingerprint density at radius 2 is 1.93 bits per heavy atom. The molecule has 0 aromatic carbocycles. The van der Waals surface area contributed by atoms with Crippen molar-refractivity contribution in [3.05, 3.63) is 0 Å². The van der Waals surface area contributed by atoms with Crippen LogP contribution in [0.15, 0.2) is 0 Å². The van der Waals surface area contributed by atoms with E-state index in [1.807, 2.05) is 6.92 Å². The molecule has 0 saturated carbocycles. The van der Waals surface area contributed by atoms with Gasteiger partial charge in [0.05, 0.1) is 5.41 Å². The summed E-state index contributed by atoms with van der Waals surface area (Å²) in [6.07, 6.45) is 4.92. The normalized spacial score (nSPS) is 15.5. The van der Waals surface area contributed by atoms with E-state index in [2.05, 4.69) is 20.8 Å². The highest BCUT2D eigenvalue weighted by Crippen LogP contribution is 2.32. The molecule has 0 aliphatic rings. The number of aliphatic carboxylic acids is 1. The van der Waals surface area contributed by atoms with Crippen molar-refractivity contribution in [2.45, 2.75) is 59.8 Å². The first kappa shape index (κ1) is 13.5. The molecule has 0 aromatic heterocycles. The average molecular weight is 200 g/mol. The van der Waals surface area contributed by atoms with Gasteiger partial charge in [0, 0.05) is 0 Å². The van der Waals surface area contributed by atoms with Crippen LogP contribution in [0.3, 0.4) is 0 Å². The standard InChI is InChI=1S/C12H24O2/c1-5-6-7-8-12(4,11(13)14)9-10(2)3/h10H,5-9H2,1-4H3,(H,13,14). The Balaban J connectivity index is 4.17. The summed E-state index contributed by atoms with van der Waals surface area (Å²) in [5, 5.41) is 9.18. The Morgan fingerprint density at radius 3 is 2.29 bits per heavy atom. The van der Waals surface area contributed by atoms with Crippen molar-refractivity contribution >= 4 is 5.97 Å². The summed E-state index contributed by atoms with van der Waals surface area (Å²) in [6, 6.07) is 0. The molecule has 2 nitrogen and oxygen atoms in total. The van der Waals surface area contributed by atoms with Gasteiger partial charge in [0.2, 0.25) is 0 Å². The predicted octanol–water partition coefficient (Wildman–Crippen LogP) is 3.70. The van der Waals surface area contributed by atoms with Crippen LogP contribution in [0.25, 0.3) is 0 Å². The maximum atomic E-state index is 11.2. The summed E-state index contributed by atoms with van der Waals surface area (Å²) >= 11 is 0. The van der Waals surface area contributed by atoms with Crippen molar-refractivity contribution in [1.82, 2.24) is 0 Å². The highest BCUT2D eigenvalue weighted by atomic mass is 16.4. The van der Waals surface area contributed by atoms with Gasteiger partial charge in [0.1, 0.15) is 0 Å². The summed E-state index contributed by atoms with van der Waals surface area (Å²) in [6.45, 7) is 8.19. The van der Waals surface area contributed by atoms with Gasteiger partial charge < -0.3 is 5.11 Å². The molecule has 0 rings (SSSR count). The van der Waals surface area contributed by atoms with E-state index in [0.717, 1.165) is 32.1 Å². The quantitative estimate of drug-likeness (QED) is 0.636. The molecule has 0 aliphatic heterocycles. The van der Waals surface area contributed by atoms with E-state index < -0.39 is 11.4 Å². The smallest absolute Gasteiger partial charge is 0.309 e. The van der Waals surface area contributed by atoms with Crippen molar-refractivity contribution in [2.24, 2.45) is 11.3 Å². The van der Waals surface area contributed by atoms with Gasteiger partial charge in [0.25, 0.3) is 0 Å². The van der Waals surface area contributed by atoms with Crippen LogP contribution >= 0.6 is 0 Å². The summed E-state index contributed by atoms with van der Waals surface area (Å²) < 4.78 is 0. The van der Waals surface area contributed by atoms with Gasteiger partial charge in [-0.3, -0.25) is 4.79 Å². The molecule has 2 heteroatoms. The third kappa shape index (κ3) is 4.64. The zero-order valence-electron chi connectivity index (χ0n) is 9.97. The fraction of sp³-hybridized carbons (Fsp3) is 0.917. The van der Waals surface area contributed by atoms with E-state index in [1.165, 1.54) is 0 Å². The van der Waals surface area contributed by atoms with E-state index in [0.29, 0.717) is 5.92 Å². The van der Waals surface area contributed by atoms with Crippen LogP contribution in [-0.4, -0.2) is 11.1 Å². The lowest BCUT2D eigenvalue weighted by Crippen LogP contribution is -2.29. The Morgan fingerprint density at radius 1 is 1.36 bits per heavy atom. The number of carboxylic acids is 1. The van der Waals surface area contributed by atoms with E-state index in [1.54, 1.807) is 0 Å². The van der Waals surface area contributed by atoms with Crippen molar-refractivity contribution in [2.75, 3.05) is 0 Å². The summed E-state index contributed by atoms with van der Waals surface area (Å²) in [7, 11) is 0. The minimum absolute atomic E-state index is 0.456. The van der Waals surface area contributed by atoms with Gasteiger partial charge >= 0.3 is 5.97 Å². The lowest BCUT2D eigenvalue weighted by Gasteiger charge is -2.26. The van der Waals surface area contributed by atoms with Crippen LogP contribution in [0.5, 0.6) is 0 Å². The Labute approximate surface area is 87.7 Å².